The minimum Gasteiger partial charge on any atom is -0.326 e. The monoisotopic (exact) mass is 224 g/mol. The Morgan fingerprint density at radius 2 is 1.88 bits per heavy atom. The maximum absolute atomic E-state index is 13.3. The van der Waals surface area contributed by atoms with Gasteiger partial charge in [-0.05, 0) is 42.8 Å². The lowest BCUT2D eigenvalue weighted by Crippen LogP contribution is -2.23. The Morgan fingerprint density at radius 3 is 2.44 bits per heavy atom. The second-order valence-corrected chi connectivity index (χ2v) is 4.04. The molecule has 0 amide bonds. The van der Waals surface area contributed by atoms with Gasteiger partial charge in [0, 0.05) is 13.1 Å². The molecule has 1 aromatic rings. The van der Waals surface area contributed by atoms with Crippen LogP contribution in [0.4, 0.5) is 4.39 Å². The molecular weight excluding hydrogens is 203 g/mol. The molecule has 0 aliphatic rings. The summed E-state index contributed by atoms with van der Waals surface area (Å²) in [6.07, 6.45) is 1.12. The Hall–Kier alpha value is -0.930. The minimum absolute atomic E-state index is 0.189. The number of benzene rings is 1. The van der Waals surface area contributed by atoms with Crippen molar-refractivity contribution >= 4 is 0 Å². The first-order valence-corrected chi connectivity index (χ1v) is 5.90. The molecule has 0 atom stereocenters. The summed E-state index contributed by atoms with van der Waals surface area (Å²) in [5.74, 6) is -0.189. The van der Waals surface area contributed by atoms with Gasteiger partial charge in [0.05, 0.1) is 0 Å². The van der Waals surface area contributed by atoms with Crippen LogP contribution in [0.15, 0.2) is 18.2 Å². The van der Waals surface area contributed by atoms with Gasteiger partial charge in [-0.2, -0.15) is 0 Å². The maximum atomic E-state index is 13.3. The molecule has 0 spiro atoms. The Bertz CT molecular complexity index is 326. The van der Waals surface area contributed by atoms with Gasteiger partial charge >= 0.3 is 0 Å². The van der Waals surface area contributed by atoms with E-state index in [9.17, 15) is 4.39 Å². The molecule has 2 nitrogen and oxygen atoms in total. The Labute approximate surface area is 97.3 Å². The lowest BCUT2D eigenvalue weighted by atomic mass is 10.1. The van der Waals surface area contributed by atoms with Crippen molar-refractivity contribution in [3.63, 3.8) is 0 Å². The highest BCUT2D eigenvalue weighted by Crippen LogP contribution is 2.11. The molecule has 0 saturated heterocycles. The number of halogens is 1. The molecule has 1 aromatic carbocycles. The normalized spacial score (nSPS) is 11.1. The van der Waals surface area contributed by atoms with Gasteiger partial charge in [-0.1, -0.05) is 19.9 Å². The third kappa shape index (κ3) is 3.91. The second kappa shape index (κ2) is 6.61. The largest absolute Gasteiger partial charge is 0.326 e. The van der Waals surface area contributed by atoms with Crippen LogP contribution < -0.4 is 5.73 Å². The van der Waals surface area contributed by atoms with E-state index in [0.29, 0.717) is 6.54 Å². The lowest BCUT2D eigenvalue weighted by molar-refractivity contribution is 0.280. The van der Waals surface area contributed by atoms with Gasteiger partial charge in [0.25, 0.3) is 0 Å². The predicted octanol–water partition coefficient (Wildman–Crippen LogP) is 2.52. The zero-order valence-electron chi connectivity index (χ0n) is 10.2. The highest BCUT2D eigenvalue weighted by Gasteiger charge is 2.05. The summed E-state index contributed by atoms with van der Waals surface area (Å²) in [5.41, 5.74) is 7.40. The molecule has 0 aliphatic carbocycles. The van der Waals surface area contributed by atoms with Crippen molar-refractivity contribution < 1.29 is 4.39 Å². The van der Waals surface area contributed by atoms with E-state index < -0.39 is 0 Å². The summed E-state index contributed by atoms with van der Waals surface area (Å²) in [7, 11) is 0. The van der Waals surface area contributed by atoms with Gasteiger partial charge in [0.15, 0.2) is 0 Å². The van der Waals surface area contributed by atoms with E-state index in [1.54, 1.807) is 6.07 Å². The molecule has 0 unspecified atom stereocenters. The first-order valence-electron chi connectivity index (χ1n) is 5.90. The van der Waals surface area contributed by atoms with Crippen LogP contribution >= 0.6 is 0 Å². The standard InChI is InChI=1S/C13H21FN2/c1-3-5-16(4-2)10-12-6-11(9-15)7-13(14)8-12/h6-8H,3-5,9-10,15H2,1-2H3. The third-order valence-corrected chi connectivity index (χ3v) is 2.65. The van der Waals surface area contributed by atoms with Crippen molar-refractivity contribution in [2.24, 2.45) is 5.73 Å². The van der Waals surface area contributed by atoms with E-state index in [2.05, 4.69) is 18.7 Å². The number of rotatable bonds is 6. The fourth-order valence-electron chi connectivity index (χ4n) is 1.85. The van der Waals surface area contributed by atoms with E-state index in [4.69, 9.17) is 5.73 Å². The van der Waals surface area contributed by atoms with Gasteiger partial charge < -0.3 is 5.73 Å². The molecule has 16 heavy (non-hydrogen) atoms. The van der Waals surface area contributed by atoms with E-state index in [1.807, 2.05) is 6.07 Å². The molecule has 0 heterocycles. The Balaban J connectivity index is 2.74. The van der Waals surface area contributed by atoms with Crippen LogP contribution in [0.25, 0.3) is 0 Å². The van der Waals surface area contributed by atoms with Gasteiger partial charge in [0.2, 0.25) is 0 Å². The number of hydrogen-bond acceptors (Lipinski definition) is 2. The summed E-state index contributed by atoms with van der Waals surface area (Å²) in [4.78, 5) is 2.30. The highest BCUT2D eigenvalue weighted by atomic mass is 19.1. The molecule has 0 saturated carbocycles. The number of hydrogen-bond donors (Lipinski definition) is 1. The zero-order valence-corrected chi connectivity index (χ0v) is 10.2. The van der Waals surface area contributed by atoms with Crippen molar-refractivity contribution in [2.45, 2.75) is 33.4 Å². The first-order chi connectivity index (χ1) is 7.69. The molecule has 1 rings (SSSR count). The average molecular weight is 224 g/mol. The van der Waals surface area contributed by atoms with E-state index in [-0.39, 0.29) is 5.82 Å². The summed E-state index contributed by atoms with van der Waals surface area (Å²) in [6.45, 7) is 7.51. The lowest BCUT2D eigenvalue weighted by Gasteiger charge is -2.19. The number of nitrogens with two attached hydrogens (primary N) is 1. The summed E-state index contributed by atoms with van der Waals surface area (Å²) in [6, 6.07) is 5.08. The molecule has 0 radical (unpaired) electrons. The van der Waals surface area contributed by atoms with E-state index >= 15 is 0 Å². The highest BCUT2D eigenvalue weighted by molar-refractivity contribution is 5.24. The van der Waals surface area contributed by atoms with Gasteiger partial charge in [0.1, 0.15) is 5.82 Å². The molecule has 0 bridgehead atoms. The van der Waals surface area contributed by atoms with Crippen LogP contribution in [0.2, 0.25) is 0 Å². The van der Waals surface area contributed by atoms with Crippen molar-refractivity contribution in [1.29, 1.82) is 0 Å². The van der Waals surface area contributed by atoms with Gasteiger partial charge in [-0.3, -0.25) is 4.90 Å². The first kappa shape index (κ1) is 13.1. The summed E-state index contributed by atoms with van der Waals surface area (Å²) < 4.78 is 13.3. The second-order valence-electron chi connectivity index (χ2n) is 4.04. The smallest absolute Gasteiger partial charge is 0.123 e. The molecule has 3 heteroatoms. The zero-order chi connectivity index (χ0) is 12.0. The van der Waals surface area contributed by atoms with Crippen molar-refractivity contribution in [2.75, 3.05) is 13.1 Å². The SMILES string of the molecule is CCCN(CC)Cc1cc(F)cc(CN)c1. The van der Waals surface area contributed by atoms with Crippen LogP contribution in [0, 0.1) is 5.82 Å². The summed E-state index contributed by atoms with van der Waals surface area (Å²) >= 11 is 0. The fourth-order valence-corrected chi connectivity index (χ4v) is 1.85. The molecule has 0 aliphatic heterocycles. The van der Waals surface area contributed by atoms with Crippen molar-refractivity contribution in [3.05, 3.63) is 35.1 Å². The van der Waals surface area contributed by atoms with Gasteiger partial charge in [-0.15, -0.1) is 0 Å². The predicted molar refractivity (Wildman–Crippen MR) is 65.5 cm³/mol. The van der Waals surface area contributed by atoms with Crippen LogP contribution in [0.3, 0.4) is 0 Å². The molecule has 0 fully saturated rings. The molecule has 2 N–H and O–H groups in total. The van der Waals surface area contributed by atoms with Crippen LogP contribution in [0.5, 0.6) is 0 Å². The van der Waals surface area contributed by atoms with Gasteiger partial charge in [-0.25, -0.2) is 4.39 Å². The fraction of sp³-hybridized carbons (Fsp3) is 0.538. The molecular formula is C13H21FN2. The van der Waals surface area contributed by atoms with E-state index in [0.717, 1.165) is 37.2 Å². The topological polar surface area (TPSA) is 29.3 Å². The summed E-state index contributed by atoms with van der Waals surface area (Å²) in [5, 5.41) is 0. The van der Waals surface area contributed by atoms with Crippen LogP contribution in [-0.2, 0) is 13.1 Å². The van der Waals surface area contributed by atoms with E-state index in [1.165, 1.54) is 6.07 Å². The minimum atomic E-state index is -0.189. The Kier molecular flexibility index (Phi) is 5.43. The average Bonchev–Trinajstić information content (AvgIpc) is 2.27. The quantitative estimate of drug-likeness (QED) is 0.804. The van der Waals surface area contributed by atoms with Crippen molar-refractivity contribution in [3.8, 4) is 0 Å². The number of nitrogens with zero attached hydrogens (tertiary/aromatic N) is 1. The maximum Gasteiger partial charge on any atom is 0.123 e. The van der Waals surface area contributed by atoms with Crippen molar-refractivity contribution in [1.82, 2.24) is 4.90 Å². The third-order valence-electron chi connectivity index (χ3n) is 2.65. The van der Waals surface area contributed by atoms with Crippen LogP contribution in [0.1, 0.15) is 31.4 Å². The molecule has 90 valence electrons. The molecule has 0 aromatic heterocycles. The Morgan fingerprint density at radius 1 is 1.19 bits per heavy atom. The van der Waals surface area contributed by atoms with Crippen LogP contribution in [-0.4, -0.2) is 18.0 Å².